The van der Waals surface area contributed by atoms with Gasteiger partial charge in [0.05, 0.1) is 28.2 Å². The highest BCUT2D eigenvalue weighted by Crippen LogP contribution is 2.34. The Kier molecular flexibility index (Phi) is 6.89. The predicted octanol–water partition coefficient (Wildman–Crippen LogP) is 5.10. The highest BCUT2D eigenvalue weighted by molar-refractivity contribution is 7.92. The zero-order valence-corrected chi connectivity index (χ0v) is 21.3. The van der Waals surface area contributed by atoms with E-state index in [0.29, 0.717) is 22.8 Å². The number of imidazole rings is 1. The number of nitrogens with zero attached hydrogens (tertiary/aromatic N) is 2. The molecule has 2 aromatic heterocycles. The van der Waals surface area contributed by atoms with Crippen molar-refractivity contribution in [2.75, 3.05) is 17.9 Å². The van der Waals surface area contributed by atoms with Gasteiger partial charge in [-0.1, -0.05) is 18.2 Å². The summed E-state index contributed by atoms with van der Waals surface area (Å²) < 4.78 is 39.6. The predicted molar refractivity (Wildman–Crippen MR) is 142 cm³/mol. The molecule has 0 saturated carbocycles. The molecule has 9 nitrogen and oxygen atoms in total. The molecule has 37 heavy (non-hydrogen) atoms. The summed E-state index contributed by atoms with van der Waals surface area (Å²) in [7, 11) is -3.97. The Morgan fingerprint density at radius 3 is 2.62 bits per heavy atom. The molecule has 0 atom stereocenters. The van der Waals surface area contributed by atoms with E-state index in [-0.39, 0.29) is 18.1 Å². The lowest BCUT2D eigenvalue weighted by atomic mass is 10.1. The Labute approximate surface area is 217 Å². The molecule has 0 bridgehead atoms. The first-order valence-corrected chi connectivity index (χ1v) is 13.7. The summed E-state index contributed by atoms with van der Waals surface area (Å²) in [4.78, 5) is 23.8. The van der Waals surface area contributed by atoms with E-state index >= 15 is 0 Å². The third-order valence-electron chi connectivity index (χ3n) is 5.38. The number of rotatable bonds is 9. The van der Waals surface area contributed by atoms with Gasteiger partial charge in [-0.25, -0.2) is 23.2 Å². The topological polar surface area (TPSA) is 123 Å². The van der Waals surface area contributed by atoms with Crippen molar-refractivity contribution in [2.45, 2.75) is 11.8 Å². The summed E-state index contributed by atoms with van der Waals surface area (Å²) in [6, 6.07) is 18.8. The second-order valence-electron chi connectivity index (χ2n) is 7.87. The van der Waals surface area contributed by atoms with Crippen molar-refractivity contribution in [2.24, 2.45) is 0 Å². The lowest BCUT2D eigenvalue weighted by Crippen LogP contribution is -2.15. The third-order valence-corrected chi connectivity index (χ3v) is 7.59. The number of ether oxygens (including phenoxy) is 2. The maximum atomic E-state index is 13.3. The van der Waals surface area contributed by atoms with E-state index in [2.05, 4.69) is 19.7 Å². The lowest BCUT2D eigenvalue weighted by molar-refractivity contribution is -0.145. The van der Waals surface area contributed by atoms with Gasteiger partial charge in [0.15, 0.2) is 6.61 Å². The summed E-state index contributed by atoms with van der Waals surface area (Å²) >= 11 is 1.46. The van der Waals surface area contributed by atoms with Crippen LogP contribution in [0.3, 0.4) is 0 Å². The number of esters is 1. The molecule has 5 rings (SSSR count). The Balaban J connectivity index is 1.46. The van der Waals surface area contributed by atoms with Gasteiger partial charge < -0.3 is 14.5 Å². The minimum atomic E-state index is -3.97. The highest BCUT2D eigenvalue weighted by atomic mass is 32.2. The number of para-hydroxylation sites is 2. The van der Waals surface area contributed by atoms with Crippen molar-refractivity contribution in [3.8, 4) is 27.7 Å². The van der Waals surface area contributed by atoms with Gasteiger partial charge in [0, 0.05) is 22.7 Å². The first-order chi connectivity index (χ1) is 17.9. The van der Waals surface area contributed by atoms with Crippen molar-refractivity contribution in [1.29, 1.82) is 0 Å². The molecule has 2 N–H and O–H groups in total. The van der Waals surface area contributed by atoms with Crippen LogP contribution in [0.1, 0.15) is 6.92 Å². The quantitative estimate of drug-likeness (QED) is 0.252. The molecule has 0 aliphatic carbocycles. The first-order valence-electron chi connectivity index (χ1n) is 11.3. The molecule has 5 aromatic rings. The summed E-state index contributed by atoms with van der Waals surface area (Å²) in [6.45, 7) is 1.70. The van der Waals surface area contributed by atoms with E-state index in [1.54, 1.807) is 19.2 Å². The second kappa shape index (κ2) is 10.4. The smallest absolute Gasteiger partial charge is 0.344 e. The molecule has 0 fully saturated rings. The van der Waals surface area contributed by atoms with Crippen molar-refractivity contribution in [3.63, 3.8) is 0 Å². The van der Waals surface area contributed by atoms with E-state index in [1.807, 2.05) is 41.8 Å². The summed E-state index contributed by atoms with van der Waals surface area (Å²) in [5.74, 6) is 0.382. The summed E-state index contributed by atoms with van der Waals surface area (Å²) in [6.07, 6.45) is 1.70. The van der Waals surface area contributed by atoms with Gasteiger partial charge in [-0.05, 0) is 55.5 Å². The van der Waals surface area contributed by atoms with Gasteiger partial charge in [0.1, 0.15) is 16.6 Å². The molecule has 0 spiro atoms. The van der Waals surface area contributed by atoms with Gasteiger partial charge in [-0.2, -0.15) is 0 Å². The van der Waals surface area contributed by atoms with Crippen LogP contribution >= 0.6 is 11.3 Å². The maximum Gasteiger partial charge on any atom is 0.344 e. The Morgan fingerprint density at radius 1 is 1.08 bits per heavy atom. The van der Waals surface area contributed by atoms with Crippen molar-refractivity contribution in [3.05, 3.63) is 78.3 Å². The average Bonchev–Trinajstić information content (AvgIpc) is 3.58. The van der Waals surface area contributed by atoms with Gasteiger partial charge in [-0.15, -0.1) is 11.3 Å². The fraction of sp³-hybridized carbons (Fsp3) is 0.115. The molecule has 0 amide bonds. The fourth-order valence-corrected chi connectivity index (χ4v) is 5.38. The number of benzene rings is 3. The molecule has 0 aliphatic heterocycles. The molecule has 11 heteroatoms. The van der Waals surface area contributed by atoms with Crippen LogP contribution < -0.4 is 9.46 Å². The standard InChI is InChI=1S/C26H22N4O5S2/c1-2-34-24(31)16-35-18-8-10-19(11-9-18)37(32,33)30-23-15-17(26-27-13-14-36-26)7-12-20(23)25-28-21-5-3-4-6-22(21)29-25/h3-15,30H,2,16H2,1H3,(H,28,29). The fourth-order valence-electron chi connectivity index (χ4n) is 3.68. The summed E-state index contributed by atoms with van der Waals surface area (Å²) in [5, 5.41) is 2.62. The molecule has 188 valence electrons. The Hall–Kier alpha value is -4.22. The third kappa shape index (κ3) is 5.47. The van der Waals surface area contributed by atoms with Crippen molar-refractivity contribution < 1.29 is 22.7 Å². The Bertz CT molecular complexity index is 1610. The maximum absolute atomic E-state index is 13.3. The van der Waals surface area contributed by atoms with Crippen molar-refractivity contribution >= 4 is 44.1 Å². The van der Waals surface area contributed by atoms with Crippen LogP contribution in [0.5, 0.6) is 5.75 Å². The SMILES string of the molecule is CCOC(=O)COc1ccc(S(=O)(=O)Nc2cc(-c3nccs3)ccc2-c2nc3ccccc3[nH]2)cc1. The molecule has 0 unspecified atom stereocenters. The van der Waals surface area contributed by atoms with Gasteiger partial charge in [0.2, 0.25) is 0 Å². The van der Waals surface area contributed by atoms with Gasteiger partial charge >= 0.3 is 5.97 Å². The van der Waals surface area contributed by atoms with Crippen LogP contribution in [-0.4, -0.2) is 42.6 Å². The van der Waals surface area contributed by atoms with Crippen LogP contribution in [0.2, 0.25) is 0 Å². The number of sulfonamides is 1. The molecule has 0 saturated heterocycles. The number of anilines is 1. The van der Waals surface area contributed by atoms with E-state index < -0.39 is 16.0 Å². The number of hydrogen-bond donors (Lipinski definition) is 2. The number of H-pyrrole nitrogens is 1. The van der Waals surface area contributed by atoms with Gasteiger partial charge in [-0.3, -0.25) is 4.72 Å². The average molecular weight is 535 g/mol. The highest BCUT2D eigenvalue weighted by Gasteiger charge is 2.20. The number of aromatic nitrogens is 3. The molecule has 0 radical (unpaired) electrons. The molecule has 3 aromatic carbocycles. The van der Waals surface area contributed by atoms with Crippen LogP contribution in [-0.2, 0) is 19.6 Å². The summed E-state index contributed by atoms with van der Waals surface area (Å²) in [5.41, 5.74) is 3.33. The Morgan fingerprint density at radius 2 is 1.89 bits per heavy atom. The van der Waals surface area contributed by atoms with E-state index in [1.165, 1.54) is 35.6 Å². The molecular formula is C26H22N4O5S2. The number of nitrogens with one attached hydrogen (secondary N) is 2. The monoisotopic (exact) mass is 534 g/mol. The number of fused-ring (bicyclic) bond motifs is 1. The molecule has 2 heterocycles. The number of aromatic amines is 1. The van der Waals surface area contributed by atoms with Crippen LogP contribution in [0.15, 0.2) is 83.2 Å². The van der Waals surface area contributed by atoms with E-state index in [4.69, 9.17) is 9.47 Å². The normalized spacial score (nSPS) is 11.4. The van der Waals surface area contributed by atoms with Gasteiger partial charge in [0.25, 0.3) is 10.0 Å². The number of hydrogen-bond acceptors (Lipinski definition) is 8. The van der Waals surface area contributed by atoms with Crippen LogP contribution in [0.4, 0.5) is 5.69 Å². The lowest BCUT2D eigenvalue weighted by Gasteiger charge is -2.13. The van der Waals surface area contributed by atoms with Crippen LogP contribution in [0.25, 0.3) is 33.0 Å². The zero-order valence-electron chi connectivity index (χ0n) is 19.7. The van der Waals surface area contributed by atoms with Crippen molar-refractivity contribution in [1.82, 2.24) is 15.0 Å². The zero-order chi connectivity index (χ0) is 25.8. The largest absolute Gasteiger partial charge is 0.482 e. The number of carbonyl (C=O) groups is 1. The second-order valence-corrected chi connectivity index (χ2v) is 10.4. The van der Waals surface area contributed by atoms with E-state index in [9.17, 15) is 13.2 Å². The first kappa shape index (κ1) is 24.5. The molecular weight excluding hydrogens is 512 g/mol. The number of thiazole rings is 1. The number of carbonyl (C=O) groups excluding carboxylic acids is 1. The minimum Gasteiger partial charge on any atom is -0.482 e. The molecule has 0 aliphatic rings. The van der Waals surface area contributed by atoms with E-state index in [0.717, 1.165) is 21.6 Å². The van der Waals surface area contributed by atoms with Crippen LogP contribution in [0, 0.1) is 0 Å². The minimum absolute atomic E-state index is 0.0335.